The fourth-order valence-electron chi connectivity index (χ4n) is 3.55. The average molecular weight is 360 g/mol. The van der Waals surface area contributed by atoms with E-state index in [1.807, 2.05) is 24.3 Å². The minimum absolute atomic E-state index is 0.00200. The third-order valence-electron chi connectivity index (χ3n) is 5.12. The van der Waals surface area contributed by atoms with Gasteiger partial charge in [0.2, 0.25) is 11.8 Å². The summed E-state index contributed by atoms with van der Waals surface area (Å²) in [7, 11) is 1.65. The largest absolute Gasteiger partial charge is 0.496 e. The molecule has 1 aliphatic carbocycles. The first-order valence-corrected chi connectivity index (χ1v) is 9.77. The number of methoxy groups -OCH3 is 1. The first-order chi connectivity index (χ1) is 12.6. The molecular weight excluding hydrogens is 328 g/mol. The number of benzene rings is 1. The molecule has 144 valence electrons. The zero-order valence-corrected chi connectivity index (χ0v) is 16.1. The van der Waals surface area contributed by atoms with Crippen molar-refractivity contribution >= 4 is 11.8 Å². The van der Waals surface area contributed by atoms with E-state index >= 15 is 0 Å². The lowest BCUT2D eigenvalue weighted by Crippen LogP contribution is -2.38. The number of para-hydroxylation sites is 1. The van der Waals surface area contributed by atoms with E-state index in [0.717, 1.165) is 24.2 Å². The second-order valence-electron chi connectivity index (χ2n) is 7.07. The molecule has 1 N–H and O–H groups in total. The van der Waals surface area contributed by atoms with Crippen LogP contribution < -0.4 is 10.1 Å². The molecule has 1 aromatic carbocycles. The van der Waals surface area contributed by atoms with Crippen molar-refractivity contribution in [1.29, 1.82) is 0 Å². The summed E-state index contributed by atoms with van der Waals surface area (Å²) >= 11 is 0. The zero-order valence-electron chi connectivity index (χ0n) is 16.1. The van der Waals surface area contributed by atoms with Gasteiger partial charge in [0, 0.05) is 32.5 Å². The van der Waals surface area contributed by atoms with Crippen molar-refractivity contribution in [1.82, 2.24) is 10.2 Å². The van der Waals surface area contributed by atoms with Gasteiger partial charge in [-0.2, -0.15) is 0 Å². The molecule has 0 heterocycles. The molecule has 0 saturated heterocycles. The Bertz CT molecular complexity index is 580. The molecule has 0 bridgehead atoms. The lowest BCUT2D eigenvalue weighted by atomic mass is 10.1. The Morgan fingerprint density at radius 1 is 1.12 bits per heavy atom. The van der Waals surface area contributed by atoms with Crippen molar-refractivity contribution < 1.29 is 14.3 Å². The van der Waals surface area contributed by atoms with Gasteiger partial charge in [0.1, 0.15) is 5.75 Å². The number of hydrogen-bond donors (Lipinski definition) is 1. The number of nitrogens with one attached hydrogen (secondary N) is 1. The second-order valence-corrected chi connectivity index (χ2v) is 7.07. The number of rotatable bonds is 8. The lowest BCUT2D eigenvalue weighted by Gasteiger charge is -2.22. The highest BCUT2D eigenvalue weighted by molar-refractivity contribution is 5.78. The molecule has 2 rings (SSSR count). The quantitative estimate of drug-likeness (QED) is 0.724. The van der Waals surface area contributed by atoms with Crippen molar-refractivity contribution in [3.63, 3.8) is 0 Å². The molecule has 0 spiro atoms. The molecule has 1 saturated carbocycles. The highest BCUT2D eigenvalue weighted by Gasteiger charge is 2.16. The molecule has 5 heteroatoms. The van der Waals surface area contributed by atoms with Gasteiger partial charge < -0.3 is 15.0 Å². The van der Waals surface area contributed by atoms with E-state index < -0.39 is 0 Å². The topological polar surface area (TPSA) is 58.6 Å². The number of nitrogens with zero attached hydrogens (tertiary/aromatic N) is 1. The van der Waals surface area contributed by atoms with Crippen LogP contribution in [0.4, 0.5) is 0 Å². The minimum atomic E-state index is 0.00200. The molecule has 1 aliphatic rings. The lowest BCUT2D eigenvalue weighted by molar-refractivity contribution is -0.129. The monoisotopic (exact) mass is 360 g/mol. The third-order valence-corrected chi connectivity index (χ3v) is 5.12. The van der Waals surface area contributed by atoms with Gasteiger partial charge in [0.25, 0.3) is 0 Å². The van der Waals surface area contributed by atoms with E-state index in [-0.39, 0.29) is 11.8 Å². The molecule has 0 atom stereocenters. The summed E-state index contributed by atoms with van der Waals surface area (Å²) in [6, 6.07) is 8.15. The molecular formula is C21H32N2O3. The van der Waals surface area contributed by atoms with Crippen molar-refractivity contribution in [2.45, 2.75) is 64.3 Å². The Kier molecular flexibility index (Phi) is 8.45. The number of hydrogen-bond acceptors (Lipinski definition) is 3. The number of amides is 2. The molecule has 0 radical (unpaired) electrons. The first-order valence-electron chi connectivity index (χ1n) is 9.77. The SMILES string of the molecule is COc1ccccc1CCN(CCC(=O)NC1CCCCCC1)C(C)=O. The van der Waals surface area contributed by atoms with E-state index in [0.29, 0.717) is 32.0 Å². The van der Waals surface area contributed by atoms with E-state index in [2.05, 4.69) is 5.32 Å². The van der Waals surface area contributed by atoms with Crippen LogP contribution >= 0.6 is 0 Å². The third kappa shape index (κ3) is 6.70. The molecule has 26 heavy (non-hydrogen) atoms. The van der Waals surface area contributed by atoms with E-state index in [4.69, 9.17) is 4.74 Å². The van der Waals surface area contributed by atoms with Crippen LogP contribution in [-0.2, 0) is 16.0 Å². The minimum Gasteiger partial charge on any atom is -0.496 e. The van der Waals surface area contributed by atoms with Crippen LogP contribution in [0.25, 0.3) is 0 Å². The van der Waals surface area contributed by atoms with Gasteiger partial charge in [0.15, 0.2) is 0 Å². The van der Waals surface area contributed by atoms with Crippen molar-refractivity contribution in [2.24, 2.45) is 0 Å². The molecule has 0 unspecified atom stereocenters. The summed E-state index contributed by atoms with van der Waals surface area (Å²) in [5, 5.41) is 3.15. The summed E-state index contributed by atoms with van der Waals surface area (Å²) in [6.07, 6.45) is 8.18. The smallest absolute Gasteiger partial charge is 0.221 e. The normalized spacial score (nSPS) is 15.2. The van der Waals surface area contributed by atoms with Crippen LogP contribution in [0.1, 0.15) is 57.4 Å². The van der Waals surface area contributed by atoms with Crippen molar-refractivity contribution in [2.75, 3.05) is 20.2 Å². The van der Waals surface area contributed by atoms with E-state index in [1.54, 1.807) is 18.9 Å². The van der Waals surface area contributed by atoms with Crippen LogP contribution in [0.5, 0.6) is 5.75 Å². The van der Waals surface area contributed by atoms with Crippen LogP contribution in [-0.4, -0.2) is 43.0 Å². The van der Waals surface area contributed by atoms with Gasteiger partial charge in [-0.25, -0.2) is 0 Å². The van der Waals surface area contributed by atoms with Crippen LogP contribution in [0.2, 0.25) is 0 Å². The van der Waals surface area contributed by atoms with Crippen LogP contribution in [0.15, 0.2) is 24.3 Å². The predicted octanol–water partition coefficient (Wildman–Crippen LogP) is 3.32. The zero-order chi connectivity index (χ0) is 18.8. The Hall–Kier alpha value is -2.04. The fourth-order valence-corrected chi connectivity index (χ4v) is 3.55. The van der Waals surface area contributed by atoms with Crippen LogP contribution in [0.3, 0.4) is 0 Å². The summed E-state index contributed by atoms with van der Waals surface area (Å²) in [5.74, 6) is 0.893. The molecule has 0 aliphatic heterocycles. The fraction of sp³-hybridized carbons (Fsp3) is 0.619. The second kappa shape index (κ2) is 10.8. The maximum Gasteiger partial charge on any atom is 0.221 e. The number of carbonyl (C=O) groups is 2. The standard InChI is InChI=1S/C21H32N2O3/c1-17(24)23(15-13-18-9-7-8-12-20(18)26-2)16-14-21(25)22-19-10-5-3-4-6-11-19/h7-9,12,19H,3-6,10-11,13-16H2,1-2H3,(H,22,25). The van der Waals surface area contributed by atoms with Gasteiger partial charge >= 0.3 is 0 Å². The number of ether oxygens (including phenoxy) is 1. The Labute approximate surface area is 157 Å². The highest BCUT2D eigenvalue weighted by atomic mass is 16.5. The molecule has 5 nitrogen and oxygen atoms in total. The molecule has 1 fully saturated rings. The molecule has 1 aromatic rings. The summed E-state index contributed by atoms with van der Waals surface area (Å²) in [5.41, 5.74) is 1.07. The summed E-state index contributed by atoms with van der Waals surface area (Å²) in [4.78, 5) is 25.9. The maximum absolute atomic E-state index is 12.3. The van der Waals surface area contributed by atoms with Gasteiger partial charge in [0.05, 0.1) is 7.11 Å². The first kappa shape index (κ1) is 20.3. The maximum atomic E-state index is 12.3. The van der Waals surface area contributed by atoms with Gasteiger partial charge in [-0.15, -0.1) is 0 Å². The summed E-state index contributed by atoms with van der Waals surface area (Å²) in [6.45, 7) is 2.61. The van der Waals surface area contributed by atoms with Crippen LogP contribution in [0, 0.1) is 0 Å². The van der Waals surface area contributed by atoms with E-state index in [1.165, 1.54) is 25.7 Å². The van der Waals surface area contributed by atoms with Gasteiger partial charge in [-0.05, 0) is 30.9 Å². The van der Waals surface area contributed by atoms with Crippen molar-refractivity contribution in [3.05, 3.63) is 29.8 Å². The number of carbonyl (C=O) groups excluding carboxylic acids is 2. The summed E-state index contributed by atoms with van der Waals surface area (Å²) < 4.78 is 5.36. The van der Waals surface area contributed by atoms with Crippen molar-refractivity contribution in [3.8, 4) is 5.75 Å². The molecule has 2 amide bonds. The predicted molar refractivity (Wildman–Crippen MR) is 103 cm³/mol. The Morgan fingerprint density at radius 2 is 1.81 bits per heavy atom. The highest BCUT2D eigenvalue weighted by Crippen LogP contribution is 2.19. The molecule has 0 aromatic heterocycles. The Balaban J connectivity index is 1.80. The Morgan fingerprint density at radius 3 is 2.46 bits per heavy atom. The van der Waals surface area contributed by atoms with E-state index in [9.17, 15) is 9.59 Å². The van der Waals surface area contributed by atoms with Gasteiger partial charge in [-0.3, -0.25) is 9.59 Å². The van der Waals surface area contributed by atoms with Gasteiger partial charge in [-0.1, -0.05) is 43.9 Å². The average Bonchev–Trinajstić information content (AvgIpc) is 2.90.